The molecule has 0 aliphatic rings. The molecule has 7 heteroatoms. The lowest BCUT2D eigenvalue weighted by molar-refractivity contribution is -0.118. The number of thioether (sulfide) groups is 1. The molecule has 30 heavy (non-hydrogen) atoms. The zero-order valence-electron chi connectivity index (χ0n) is 17.9. The third-order valence-electron chi connectivity index (χ3n) is 4.57. The molecule has 0 spiro atoms. The number of carbonyl (C=O) groups excluding carboxylic acids is 1. The van der Waals surface area contributed by atoms with Gasteiger partial charge in [0.1, 0.15) is 18.7 Å². The van der Waals surface area contributed by atoms with Gasteiger partial charge in [-0.05, 0) is 42.2 Å². The molecule has 1 heterocycles. The van der Waals surface area contributed by atoms with E-state index in [1.54, 1.807) is 6.33 Å². The summed E-state index contributed by atoms with van der Waals surface area (Å²) >= 11 is 1.36. The number of amides is 1. The molecule has 0 aliphatic carbocycles. The van der Waals surface area contributed by atoms with Crippen molar-refractivity contribution < 1.29 is 9.53 Å². The second kappa shape index (κ2) is 9.80. The van der Waals surface area contributed by atoms with Gasteiger partial charge in [0.2, 0.25) is 5.91 Å². The van der Waals surface area contributed by atoms with Gasteiger partial charge in [0, 0.05) is 5.69 Å². The monoisotopic (exact) mass is 424 g/mol. The number of nitrogens with zero attached hydrogens (tertiary/aromatic N) is 3. The minimum absolute atomic E-state index is 0.0647. The van der Waals surface area contributed by atoms with Crippen LogP contribution in [0.3, 0.4) is 0 Å². The molecule has 0 unspecified atom stereocenters. The quantitative estimate of drug-likeness (QED) is 0.434. The van der Waals surface area contributed by atoms with Crippen molar-refractivity contribution >= 4 is 17.7 Å². The number of rotatable bonds is 8. The van der Waals surface area contributed by atoms with Gasteiger partial charge in [0.15, 0.2) is 5.16 Å². The van der Waals surface area contributed by atoms with Crippen LogP contribution in [0.25, 0.3) is 5.69 Å². The second-order valence-electron chi connectivity index (χ2n) is 8.08. The minimum atomic E-state index is -0.0647. The van der Waals surface area contributed by atoms with Crippen molar-refractivity contribution in [2.75, 3.05) is 18.9 Å². The number of ether oxygens (including phenoxy) is 1. The maximum Gasteiger partial charge on any atom is 0.230 e. The number of nitrogens with one attached hydrogen (secondary N) is 1. The Labute approximate surface area is 182 Å². The normalized spacial score (nSPS) is 11.3. The van der Waals surface area contributed by atoms with Crippen LogP contribution in [0, 0.1) is 6.92 Å². The van der Waals surface area contributed by atoms with Crippen LogP contribution < -0.4 is 10.1 Å². The summed E-state index contributed by atoms with van der Waals surface area (Å²) in [7, 11) is 0. The van der Waals surface area contributed by atoms with Gasteiger partial charge in [-0.15, -0.1) is 10.2 Å². The molecule has 0 atom stereocenters. The first-order valence-electron chi connectivity index (χ1n) is 9.93. The molecule has 0 fully saturated rings. The van der Waals surface area contributed by atoms with E-state index in [0.29, 0.717) is 18.3 Å². The molecule has 3 aromatic rings. The fourth-order valence-corrected chi connectivity index (χ4v) is 3.56. The third kappa shape index (κ3) is 6.10. The van der Waals surface area contributed by atoms with Crippen molar-refractivity contribution in [1.82, 2.24) is 20.1 Å². The smallest absolute Gasteiger partial charge is 0.230 e. The minimum Gasteiger partial charge on any atom is -0.492 e. The van der Waals surface area contributed by atoms with Crippen molar-refractivity contribution in [1.29, 1.82) is 0 Å². The predicted octanol–water partition coefficient (Wildman–Crippen LogP) is 4.16. The fraction of sp³-hybridized carbons (Fsp3) is 0.348. The Kier molecular flexibility index (Phi) is 7.15. The van der Waals surface area contributed by atoms with E-state index in [2.05, 4.69) is 48.4 Å². The molecule has 2 aromatic carbocycles. The second-order valence-corrected chi connectivity index (χ2v) is 9.02. The van der Waals surface area contributed by atoms with Gasteiger partial charge in [-0.1, -0.05) is 62.4 Å². The molecular weight excluding hydrogens is 396 g/mol. The Morgan fingerprint density at radius 3 is 2.47 bits per heavy atom. The van der Waals surface area contributed by atoms with E-state index in [0.717, 1.165) is 11.4 Å². The highest BCUT2D eigenvalue weighted by atomic mass is 32.2. The Morgan fingerprint density at radius 1 is 1.10 bits per heavy atom. The van der Waals surface area contributed by atoms with Gasteiger partial charge in [0.25, 0.3) is 0 Å². The number of benzene rings is 2. The summed E-state index contributed by atoms with van der Waals surface area (Å²) in [5.74, 6) is 1.01. The first-order chi connectivity index (χ1) is 14.3. The lowest BCUT2D eigenvalue weighted by atomic mass is 9.87. The average molecular weight is 425 g/mol. The lowest BCUT2D eigenvalue weighted by Gasteiger charge is -2.19. The van der Waals surface area contributed by atoms with E-state index in [4.69, 9.17) is 4.74 Å². The molecule has 158 valence electrons. The molecule has 1 N–H and O–H groups in total. The highest BCUT2D eigenvalue weighted by Crippen LogP contribution is 2.24. The first kappa shape index (κ1) is 21.9. The standard InChI is InChI=1S/C23H28N4O2S/c1-17-5-9-19(10-6-17)27-16-25-26-22(27)30-15-21(28)24-13-14-29-20-11-7-18(8-12-20)23(2,3)4/h5-12,16H,13-15H2,1-4H3,(H,24,28). The molecule has 0 saturated carbocycles. The SMILES string of the molecule is Cc1ccc(-n2cnnc2SCC(=O)NCCOc2ccc(C(C)(C)C)cc2)cc1. The maximum absolute atomic E-state index is 12.2. The van der Waals surface area contributed by atoms with Gasteiger partial charge in [-0.25, -0.2) is 0 Å². The average Bonchev–Trinajstić information content (AvgIpc) is 3.18. The largest absolute Gasteiger partial charge is 0.492 e. The highest BCUT2D eigenvalue weighted by Gasteiger charge is 2.13. The van der Waals surface area contributed by atoms with Crippen LogP contribution >= 0.6 is 11.8 Å². The zero-order chi connectivity index (χ0) is 21.6. The third-order valence-corrected chi connectivity index (χ3v) is 5.52. The molecule has 0 bridgehead atoms. The molecule has 6 nitrogen and oxygen atoms in total. The van der Waals surface area contributed by atoms with Crippen LogP contribution in [0.4, 0.5) is 0 Å². The Morgan fingerprint density at radius 2 is 1.80 bits per heavy atom. The molecule has 1 aromatic heterocycles. The molecular formula is C23H28N4O2S. The van der Waals surface area contributed by atoms with Gasteiger partial charge < -0.3 is 10.1 Å². The zero-order valence-corrected chi connectivity index (χ0v) is 18.7. The van der Waals surface area contributed by atoms with Crippen LogP contribution in [0.2, 0.25) is 0 Å². The Hall–Kier alpha value is -2.80. The van der Waals surface area contributed by atoms with Gasteiger partial charge >= 0.3 is 0 Å². The first-order valence-corrected chi connectivity index (χ1v) is 10.9. The topological polar surface area (TPSA) is 69.0 Å². The van der Waals surface area contributed by atoms with E-state index >= 15 is 0 Å². The van der Waals surface area contributed by atoms with Gasteiger partial charge in [-0.2, -0.15) is 0 Å². The molecule has 0 radical (unpaired) electrons. The number of aryl methyl sites for hydroxylation is 1. The van der Waals surface area contributed by atoms with Crippen LogP contribution in [-0.4, -0.2) is 39.6 Å². The van der Waals surface area contributed by atoms with Crippen molar-refractivity contribution in [2.24, 2.45) is 0 Å². The maximum atomic E-state index is 12.2. The summed E-state index contributed by atoms with van der Waals surface area (Å²) in [6.45, 7) is 9.45. The Bertz CT molecular complexity index is 960. The van der Waals surface area contributed by atoms with E-state index < -0.39 is 0 Å². The summed E-state index contributed by atoms with van der Waals surface area (Å²) in [6.07, 6.45) is 1.66. The van der Waals surface area contributed by atoms with Gasteiger partial charge in [0.05, 0.1) is 12.3 Å². The van der Waals surface area contributed by atoms with E-state index in [1.165, 1.54) is 22.9 Å². The summed E-state index contributed by atoms with van der Waals surface area (Å²) in [5, 5.41) is 11.6. The molecule has 1 amide bonds. The van der Waals surface area contributed by atoms with E-state index in [-0.39, 0.29) is 17.1 Å². The fourth-order valence-electron chi connectivity index (χ4n) is 2.80. The number of carbonyl (C=O) groups is 1. The Balaban J connectivity index is 1.41. The van der Waals surface area contributed by atoms with E-state index in [1.807, 2.05) is 47.9 Å². The number of aromatic nitrogens is 3. The highest BCUT2D eigenvalue weighted by molar-refractivity contribution is 7.99. The van der Waals surface area contributed by atoms with Gasteiger partial charge in [-0.3, -0.25) is 9.36 Å². The number of hydrogen-bond acceptors (Lipinski definition) is 5. The molecule has 0 saturated heterocycles. The van der Waals surface area contributed by atoms with Crippen LogP contribution in [-0.2, 0) is 10.2 Å². The lowest BCUT2D eigenvalue weighted by Crippen LogP contribution is -2.29. The number of hydrogen-bond donors (Lipinski definition) is 1. The van der Waals surface area contributed by atoms with E-state index in [9.17, 15) is 4.79 Å². The predicted molar refractivity (Wildman–Crippen MR) is 120 cm³/mol. The van der Waals surface area contributed by atoms with Crippen molar-refractivity contribution in [3.05, 3.63) is 66.0 Å². The van der Waals surface area contributed by atoms with Crippen LogP contribution in [0.5, 0.6) is 5.75 Å². The van der Waals surface area contributed by atoms with Crippen molar-refractivity contribution in [2.45, 2.75) is 38.3 Å². The van der Waals surface area contributed by atoms with Crippen molar-refractivity contribution in [3.63, 3.8) is 0 Å². The molecule has 3 rings (SSSR count). The summed E-state index contributed by atoms with van der Waals surface area (Å²) in [6, 6.07) is 16.2. The summed E-state index contributed by atoms with van der Waals surface area (Å²) in [5.41, 5.74) is 3.54. The van der Waals surface area contributed by atoms with Crippen LogP contribution in [0.1, 0.15) is 31.9 Å². The van der Waals surface area contributed by atoms with Crippen molar-refractivity contribution in [3.8, 4) is 11.4 Å². The summed E-state index contributed by atoms with van der Waals surface area (Å²) < 4.78 is 7.59. The molecule has 0 aliphatic heterocycles. The van der Waals surface area contributed by atoms with Crippen LogP contribution in [0.15, 0.2) is 60.0 Å². The summed E-state index contributed by atoms with van der Waals surface area (Å²) in [4.78, 5) is 12.2.